The van der Waals surface area contributed by atoms with E-state index in [9.17, 15) is 4.79 Å². The Hall–Kier alpha value is -2.73. The smallest absolute Gasteiger partial charge is 0.251 e. The van der Waals surface area contributed by atoms with Crippen LogP contribution in [0, 0.1) is 0 Å². The Balaban J connectivity index is 1.47. The predicted molar refractivity (Wildman–Crippen MR) is 116 cm³/mol. The second-order valence-electron chi connectivity index (χ2n) is 7.81. The van der Waals surface area contributed by atoms with Crippen LogP contribution in [0.15, 0.2) is 42.5 Å². The van der Waals surface area contributed by atoms with Crippen molar-refractivity contribution in [2.24, 2.45) is 0 Å². The molecule has 0 bridgehead atoms. The highest BCUT2D eigenvalue weighted by Gasteiger charge is 2.23. The van der Waals surface area contributed by atoms with Gasteiger partial charge in [-0.05, 0) is 61.8 Å². The second-order valence-corrected chi connectivity index (χ2v) is 7.81. The first kappa shape index (κ1) is 20.5. The number of methoxy groups -OCH3 is 1. The van der Waals surface area contributed by atoms with E-state index in [2.05, 4.69) is 22.3 Å². The summed E-state index contributed by atoms with van der Waals surface area (Å²) in [5.41, 5.74) is 1.78. The highest BCUT2D eigenvalue weighted by Crippen LogP contribution is 2.31. The SMILES string of the molecule is COc1ccc(C(CNC(=O)c2ccc3c(c2)OCCCO3)N2CCCCC2)cc1. The zero-order valence-corrected chi connectivity index (χ0v) is 17.6. The molecule has 1 fully saturated rings. The van der Waals surface area contributed by atoms with E-state index in [1.165, 1.54) is 24.8 Å². The van der Waals surface area contributed by atoms with Crippen LogP contribution < -0.4 is 19.5 Å². The molecule has 160 valence electrons. The van der Waals surface area contributed by atoms with Gasteiger partial charge in [0.05, 0.1) is 26.4 Å². The lowest BCUT2D eigenvalue weighted by molar-refractivity contribution is 0.0924. The number of hydrogen-bond donors (Lipinski definition) is 1. The molecule has 0 aromatic heterocycles. The van der Waals surface area contributed by atoms with Crippen LogP contribution in [0.25, 0.3) is 0 Å². The minimum atomic E-state index is -0.0961. The minimum absolute atomic E-state index is 0.0961. The third kappa shape index (κ3) is 4.87. The molecule has 2 aromatic rings. The van der Waals surface area contributed by atoms with Crippen LogP contribution in [0.4, 0.5) is 0 Å². The zero-order valence-electron chi connectivity index (χ0n) is 17.6. The average Bonchev–Trinajstić information content (AvgIpc) is 3.05. The number of nitrogens with zero attached hydrogens (tertiary/aromatic N) is 1. The van der Waals surface area contributed by atoms with Gasteiger partial charge in [0.1, 0.15) is 5.75 Å². The molecular formula is C24H30N2O4. The van der Waals surface area contributed by atoms with Crippen molar-refractivity contribution in [2.45, 2.75) is 31.7 Å². The van der Waals surface area contributed by atoms with E-state index in [4.69, 9.17) is 14.2 Å². The Kier molecular flexibility index (Phi) is 6.74. The van der Waals surface area contributed by atoms with Crippen molar-refractivity contribution < 1.29 is 19.0 Å². The van der Waals surface area contributed by atoms with Crippen LogP contribution >= 0.6 is 0 Å². The molecule has 6 heteroatoms. The van der Waals surface area contributed by atoms with E-state index in [-0.39, 0.29) is 11.9 Å². The van der Waals surface area contributed by atoms with Gasteiger partial charge in [-0.1, -0.05) is 18.6 Å². The van der Waals surface area contributed by atoms with Gasteiger partial charge >= 0.3 is 0 Å². The molecule has 1 atom stereocenters. The fourth-order valence-electron chi connectivity index (χ4n) is 4.11. The number of piperidine rings is 1. The number of nitrogens with one attached hydrogen (secondary N) is 1. The molecule has 2 aliphatic rings. The number of carbonyl (C=O) groups excluding carboxylic acids is 1. The molecule has 2 heterocycles. The molecular weight excluding hydrogens is 380 g/mol. The molecule has 0 radical (unpaired) electrons. The first-order valence-electron chi connectivity index (χ1n) is 10.8. The first-order chi connectivity index (χ1) is 14.7. The summed E-state index contributed by atoms with van der Waals surface area (Å²) < 4.78 is 16.7. The standard InChI is InChI=1S/C24H30N2O4/c1-28-20-9-6-18(7-10-20)21(26-12-3-2-4-13-26)17-25-24(27)19-8-11-22-23(16-19)30-15-5-14-29-22/h6-11,16,21H,2-5,12-15,17H2,1H3,(H,25,27). The summed E-state index contributed by atoms with van der Waals surface area (Å²) >= 11 is 0. The van der Waals surface area contributed by atoms with Crippen LogP contribution in [0.5, 0.6) is 17.2 Å². The summed E-state index contributed by atoms with van der Waals surface area (Å²) in [6.07, 6.45) is 4.51. The van der Waals surface area contributed by atoms with Crippen LogP contribution in [0.1, 0.15) is 47.6 Å². The quantitative estimate of drug-likeness (QED) is 0.785. The van der Waals surface area contributed by atoms with E-state index in [0.29, 0.717) is 36.8 Å². The minimum Gasteiger partial charge on any atom is -0.497 e. The predicted octanol–water partition coefficient (Wildman–Crippen LogP) is 3.81. The topological polar surface area (TPSA) is 60.0 Å². The molecule has 6 nitrogen and oxygen atoms in total. The highest BCUT2D eigenvalue weighted by atomic mass is 16.5. The molecule has 1 amide bonds. The van der Waals surface area contributed by atoms with Gasteiger partial charge in [0.25, 0.3) is 5.91 Å². The summed E-state index contributed by atoms with van der Waals surface area (Å²) in [5.74, 6) is 2.09. The molecule has 2 aliphatic heterocycles. The van der Waals surface area contributed by atoms with E-state index < -0.39 is 0 Å². The van der Waals surface area contributed by atoms with E-state index >= 15 is 0 Å². The summed E-state index contributed by atoms with van der Waals surface area (Å²) in [7, 11) is 1.67. The third-order valence-corrected chi connectivity index (χ3v) is 5.80. The van der Waals surface area contributed by atoms with E-state index in [1.54, 1.807) is 19.2 Å². The Labute approximate surface area is 178 Å². The third-order valence-electron chi connectivity index (χ3n) is 5.80. The van der Waals surface area contributed by atoms with Gasteiger partial charge in [0.2, 0.25) is 0 Å². The fraction of sp³-hybridized carbons (Fsp3) is 0.458. The Morgan fingerprint density at radius 1 is 1.00 bits per heavy atom. The maximum atomic E-state index is 12.9. The number of hydrogen-bond acceptors (Lipinski definition) is 5. The number of fused-ring (bicyclic) bond motifs is 1. The number of ether oxygens (including phenoxy) is 3. The second kappa shape index (κ2) is 9.85. The van der Waals surface area contributed by atoms with Crippen LogP contribution in [-0.4, -0.2) is 50.8 Å². The maximum Gasteiger partial charge on any atom is 0.251 e. The lowest BCUT2D eigenvalue weighted by Crippen LogP contribution is -2.40. The number of likely N-dealkylation sites (tertiary alicyclic amines) is 1. The number of benzene rings is 2. The number of amides is 1. The summed E-state index contributed by atoms with van der Waals surface area (Å²) in [5, 5.41) is 3.14. The first-order valence-corrected chi connectivity index (χ1v) is 10.8. The highest BCUT2D eigenvalue weighted by molar-refractivity contribution is 5.94. The largest absolute Gasteiger partial charge is 0.497 e. The van der Waals surface area contributed by atoms with Gasteiger partial charge < -0.3 is 19.5 Å². The normalized spacial score (nSPS) is 17.6. The molecule has 2 aromatic carbocycles. The van der Waals surface area contributed by atoms with Crippen LogP contribution in [0.2, 0.25) is 0 Å². The van der Waals surface area contributed by atoms with Gasteiger partial charge in [0.15, 0.2) is 11.5 Å². The van der Waals surface area contributed by atoms with Gasteiger partial charge in [-0.15, -0.1) is 0 Å². The summed E-state index contributed by atoms with van der Waals surface area (Å²) in [6, 6.07) is 13.7. The molecule has 1 unspecified atom stereocenters. The Bertz CT molecular complexity index is 847. The van der Waals surface area contributed by atoms with Crippen LogP contribution in [0.3, 0.4) is 0 Å². The van der Waals surface area contributed by atoms with Crippen LogP contribution in [-0.2, 0) is 0 Å². The molecule has 4 rings (SSSR count). The Morgan fingerprint density at radius 3 is 2.47 bits per heavy atom. The van der Waals surface area contributed by atoms with Gasteiger partial charge in [-0.2, -0.15) is 0 Å². The van der Waals surface area contributed by atoms with Crippen molar-refractivity contribution in [2.75, 3.05) is 40.0 Å². The fourth-order valence-corrected chi connectivity index (χ4v) is 4.11. The molecule has 0 saturated carbocycles. The van der Waals surface area contributed by atoms with E-state index in [1.807, 2.05) is 18.2 Å². The lowest BCUT2D eigenvalue weighted by Gasteiger charge is -2.35. The molecule has 0 spiro atoms. The van der Waals surface area contributed by atoms with Crippen molar-refractivity contribution >= 4 is 5.91 Å². The molecule has 1 saturated heterocycles. The molecule has 30 heavy (non-hydrogen) atoms. The Morgan fingerprint density at radius 2 is 1.73 bits per heavy atom. The molecule has 0 aliphatic carbocycles. The number of carbonyl (C=O) groups is 1. The van der Waals surface area contributed by atoms with Gasteiger partial charge in [-0.25, -0.2) is 0 Å². The summed E-state index contributed by atoms with van der Waals surface area (Å²) in [6.45, 7) is 3.90. The lowest BCUT2D eigenvalue weighted by atomic mass is 10.0. The zero-order chi connectivity index (χ0) is 20.8. The molecule has 1 N–H and O–H groups in total. The van der Waals surface area contributed by atoms with Gasteiger partial charge in [0, 0.05) is 18.5 Å². The van der Waals surface area contributed by atoms with Crippen molar-refractivity contribution in [3.63, 3.8) is 0 Å². The van der Waals surface area contributed by atoms with Crippen molar-refractivity contribution in [1.82, 2.24) is 10.2 Å². The van der Waals surface area contributed by atoms with Gasteiger partial charge in [-0.3, -0.25) is 9.69 Å². The van der Waals surface area contributed by atoms with E-state index in [0.717, 1.165) is 25.3 Å². The van der Waals surface area contributed by atoms with Crippen molar-refractivity contribution in [3.05, 3.63) is 53.6 Å². The number of rotatable bonds is 6. The van der Waals surface area contributed by atoms with Crippen molar-refractivity contribution in [1.29, 1.82) is 0 Å². The average molecular weight is 411 g/mol. The summed E-state index contributed by atoms with van der Waals surface area (Å²) in [4.78, 5) is 15.4. The monoisotopic (exact) mass is 410 g/mol. The maximum absolute atomic E-state index is 12.9. The van der Waals surface area contributed by atoms with Crippen molar-refractivity contribution in [3.8, 4) is 17.2 Å².